The summed E-state index contributed by atoms with van der Waals surface area (Å²) in [5.41, 5.74) is 1.21. The van der Waals surface area contributed by atoms with Gasteiger partial charge in [0.05, 0.1) is 5.69 Å². The molecule has 23 heavy (non-hydrogen) atoms. The van der Waals surface area contributed by atoms with Crippen LogP contribution in [0.1, 0.15) is 72.1 Å². The van der Waals surface area contributed by atoms with Crippen LogP contribution in [0.4, 0.5) is 0 Å². The molecule has 7 heteroatoms. The Labute approximate surface area is 135 Å². The Morgan fingerprint density at radius 2 is 2.04 bits per heavy atom. The molecule has 2 aromatic rings. The summed E-state index contributed by atoms with van der Waals surface area (Å²) < 4.78 is 10.4. The van der Waals surface area contributed by atoms with Gasteiger partial charge in [0.25, 0.3) is 5.91 Å². The van der Waals surface area contributed by atoms with Crippen molar-refractivity contribution in [3.05, 3.63) is 28.7 Å². The van der Waals surface area contributed by atoms with E-state index in [2.05, 4.69) is 15.3 Å². The minimum Gasteiger partial charge on any atom is -0.361 e. The molecule has 0 aliphatic carbocycles. The summed E-state index contributed by atoms with van der Waals surface area (Å²) in [5.74, 6) is 2.21. The highest BCUT2D eigenvalue weighted by Gasteiger charge is 2.31. The van der Waals surface area contributed by atoms with Crippen LogP contribution in [-0.2, 0) is 0 Å². The Morgan fingerprint density at radius 3 is 2.65 bits per heavy atom. The third-order valence-corrected chi connectivity index (χ3v) is 4.27. The molecule has 3 rings (SSSR count). The summed E-state index contributed by atoms with van der Waals surface area (Å²) in [5, 5.41) is 7.97. The van der Waals surface area contributed by atoms with Gasteiger partial charge in [-0.25, -0.2) is 0 Å². The fourth-order valence-corrected chi connectivity index (χ4v) is 2.97. The first kappa shape index (κ1) is 15.7. The zero-order valence-corrected chi connectivity index (χ0v) is 14.0. The number of nitrogens with zero attached hydrogens (tertiary/aromatic N) is 4. The van der Waals surface area contributed by atoms with Crippen molar-refractivity contribution in [1.82, 2.24) is 20.2 Å². The van der Waals surface area contributed by atoms with E-state index in [1.165, 1.54) is 0 Å². The van der Waals surface area contributed by atoms with Crippen LogP contribution in [0.25, 0.3) is 0 Å². The topological polar surface area (TPSA) is 85.3 Å². The van der Waals surface area contributed by atoms with E-state index in [1.807, 2.05) is 18.7 Å². The number of rotatable bonds is 3. The highest BCUT2D eigenvalue weighted by Crippen LogP contribution is 2.28. The van der Waals surface area contributed by atoms with E-state index in [4.69, 9.17) is 9.05 Å². The highest BCUT2D eigenvalue weighted by atomic mass is 16.5. The van der Waals surface area contributed by atoms with Gasteiger partial charge in [-0.2, -0.15) is 4.98 Å². The lowest BCUT2D eigenvalue weighted by molar-refractivity contribution is 0.0701. The van der Waals surface area contributed by atoms with Crippen LogP contribution in [0.15, 0.2) is 9.05 Å². The Hall–Kier alpha value is -2.18. The van der Waals surface area contributed by atoms with Crippen LogP contribution >= 0.6 is 0 Å². The van der Waals surface area contributed by atoms with Crippen molar-refractivity contribution in [2.45, 2.75) is 52.4 Å². The smallest absolute Gasteiger partial charge is 0.259 e. The largest absolute Gasteiger partial charge is 0.361 e. The molecule has 0 bridgehead atoms. The first-order valence-electron chi connectivity index (χ1n) is 8.03. The van der Waals surface area contributed by atoms with E-state index >= 15 is 0 Å². The molecule has 1 saturated heterocycles. The molecule has 1 fully saturated rings. The third kappa shape index (κ3) is 3.00. The van der Waals surface area contributed by atoms with E-state index in [0.29, 0.717) is 35.3 Å². The lowest BCUT2D eigenvalue weighted by atomic mass is 9.96. The molecule has 1 atom stereocenters. The molecule has 0 unspecified atom stereocenters. The summed E-state index contributed by atoms with van der Waals surface area (Å²) in [6.45, 7) is 8.92. The number of carbonyl (C=O) groups is 1. The van der Waals surface area contributed by atoms with Crippen molar-refractivity contribution in [3.8, 4) is 0 Å². The van der Waals surface area contributed by atoms with Gasteiger partial charge in [-0.1, -0.05) is 24.2 Å². The van der Waals surface area contributed by atoms with Crippen LogP contribution in [0.2, 0.25) is 0 Å². The van der Waals surface area contributed by atoms with Crippen molar-refractivity contribution in [2.24, 2.45) is 0 Å². The SMILES string of the molecule is Cc1noc(C)c1C(=O)N1CCC[C@@H](c2noc(C(C)C)n2)C1. The fraction of sp³-hybridized carbons (Fsp3) is 0.625. The number of amides is 1. The zero-order valence-electron chi connectivity index (χ0n) is 14.0. The summed E-state index contributed by atoms with van der Waals surface area (Å²) in [6, 6.07) is 0. The van der Waals surface area contributed by atoms with Crippen LogP contribution in [0.3, 0.4) is 0 Å². The molecule has 1 aliphatic rings. The monoisotopic (exact) mass is 318 g/mol. The van der Waals surface area contributed by atoms with E-state index in [1.54, 1.807) is 13.8 Å². The molecule has 7 nitrogen and oxygen atoms in total. The second-order valence-corrected chi connectivity index (χ2v) is 6.44. The molecule has 1 amide bonds. The normalized spacial score (nSPS) is 18.7. The summed E-state index contributed by atoms with van der Waals surface area (Å²) in [7, 11) is 0. The molecule has 124 valence electrons. The third-order valence-electron chi connectivity index (χ3n) is 4.27. The van der Waals surface area contributed by atoms with Gasteiger partial charge in [0, 0.05) is 24.9 Å². The van der Waals surface area contributed by atoms with Gasteiger partial charge in [-0.3, -0.25) is 4.79 Å². The molecule has 0 saturated carbocycles. The molecule has 2 aromatic heterocycles. The summed E-state index contributed by atoms with van der Waals surface area (Å²) >= 11 is 0. The molecular formula is C16H22N4O3. The van der Waals surface area contributed by atoms with Crippen molar-refractivity contribution in [2.75, 3.05) is 13.1 Å². The fourth-order valence-electron chi connectivity index (χ4n) is 2.97. The van der Waals surface area contributed by atoms with Crippen molar-refractivity contribution in [1.29, 1.82) is 0 Å². The van der Waals surface area contributed by atoms with Crippen molar-refractivity contribution >= 4 is 5.91 Å². The molecule has 0 aromatic carbocycles. The van der Waals surface area contributed by atoms with Gasteiger partial charge in [-0.15, -0.1) is 0 Å². The standard InChI is InChI=1S/C16H22N4O3/c1-9(2)15-17-14(19-23-15)12-6-5-7-20(8-12)16(21)13-10(3)18-22-11(13)4/h9,12H,5-8H2,1-4H3/t12-/m1/s1. The number of hydrogen-bond acceptors (Lipinski definition) is 6. The van der Waals surface area contributed by atoms with Crippen molar-refractivity contribution < 1.29 is 13.8 Å². The van der Waals surface area contributed by atoms with E-state index < -0.39 is 0 Å². The lowest BCUT2D eigenvalue weighted by Gasteiger charge is -2.31. The van der Waals surface area contributed by atoms with Gasteiger partial charge in [0.2, 0.25) is 5.89 Å². The number of piperidine rings is 1. The summed E-state index contributed by atoms with van der Waals surface area (Å²) in [6.07, 6.45) is 1.88. The van der Waals surface area contributed by atoms with Crippen LogP contribution in [0, 0.1) is 13.8 Å². The van der Waals surface area contributed by atoms with Crippen LogP contribution in [0.5, 0.6) is 0 Å². The van der Waals surface area contributed by atoms with Crippen molar-refractivity contribution in [3.63, 3.8) is 0 Å². The number of aryl methyl sites for hydroxylation is 2. The Kier molecular flexibility index (Phi) is 4.19. The number of aromatic nitrogens is 3. The zero-order chi connectivity index (χ0) is 16.6. The van der Waals surface area contributed by atoms with Gasteiger partial charge < -0.3 is 13.9 Å². The van der Waals surface area contributed by atoms with Gasteiger partial charge >= 0.3 is 0 Å². The maximum absolute atomic E-state index is 12.8. The molecule has 0 N–H and O–H groups in total. The van der Waals surface area contributed by atoms with Crippen LogP contribution in [-0.4, -0.2) is 39.2 Å². The first-order chi connectivity index (χ1) is 11.0. The average Bonchev–Trinajstić information content (AvgIpc) is 3.14. The highest BCUT2D eigenvalue weighted by molar-refractivity contribution is 5.96. The summed E-state index contributed by atoms with van der Waals surface area (Å²) in [4.78, 5) is 19.1. The average molecular weight is 318 g/mol. The quantitative estimate of drug-likeness (QED) is 0.865. The minimum atomic E-state index is -0.0291. The number of likely N-dealkylation sites (tertiary alicyclic amines) is 1. The predicted octanol–water partition coefficient (Wildman–Crippen LogP) is 2.82. The number of carbonyl (C=O) groups excluding carboxylic acids is 1. The van der Waals surface area contributed by atoms with Crippen LogP contribution < -0.4 is 0 Å². The first-order valence-corrected chi connectivity index (χ1v) is 8.03. The second-order valence-electron chi connectivity index (χ2n) is 6.44. The minimum absolute atomic E-state index is 0.0291. The van der Waals surface area contributed by atoms with E-state index in [-0.39, 0.29) is 17.7 Å². The number of hydrogen-bond donors (Lipinski definition) is 0. The molecular weight excluding hydrogens is 296 g/mol. The predicted molar refractivity (Wildman–Crippen MR) is 82.2 cm³/mol. The Bertz CT molecular complexity index is 684. The molecule has 3 heterocycles. The van der Waals surface area contributed by atoms with E-state index in [9.17, 15) is 4.79 Å². The van der Waals surface area contributed by atoms with E-state index in [0.717, 1.165) is 19.4 Å². The van der Waals surface area contributed by atoms with Gasteiger partial charge in [0.15, 0.2) is 5.82 Å². The maximum atomic E-state index is 12.8. The Morgan fingerprint density at radius 1 is 1.26 bits per heavy atom. The molecule has 0 spiro atoms. The van der Waals surface area contributed by atoms with Gasteiger partial charge in [0.1, 0.15) is 11.3 Å². The second kappa shape index (κ2) is 6.14. The van der Waals surface area contributed by atoms with Gasteiger partial charge in [-0.05, 0) is 26.7 Å². The lowest BCUT2D eigenvalue weighted by Crippen LogP contribution is -2.39. The molecule has 1 aliphatic heterocycles. The Balaban J connectivity index is 1.76. The molecule has 0 radical (unpaired) electrons. The maximum Gasteiger partial charge on any atom is 0.259 e.